The van der Waals surface area contributed by atoms with E-state index >= 15 is 0 Å². The number of ether oxygens (including phenoxy) is 1. The minimum Gasteiger partial charge on any atom is -0.496 e. The number of rotatable bonds is 4. The third kappa shape index (κ3) is 3.17. The highest BCUT2D eigenvalue weighted by atomic mass is 35.5. The second-order valence-electron chi connectivity index (χ2n) is 4.35. The lowest BCUT2D eigenvalue weighted by atomic mass is 10.1. The third-order valence-electron chi connectivity index (χ3n) is 2.97. The van der Waals surface area contributed by atoms with Crippen LogP contribution in [0, 0.1) is 5.82 Å². The number of methoxy groups -OCH3 is 1. The summed E-state index contributed by atoms with van der Waals surface area (Å²) in [6.07, 6.45) is 0. The van der Waals surface area contributed by atoms with Crippen molar-refractivity contribution in [3.63, 3.8) is 0 Å². The molecule has 0 radical (unpaired) electrons. The van der Waals surface area contributed by atoms with Gasteiger partial charge in [0.05, 0.1) is 28.9 Å². The van der Waals surface area contributed by atoms with Crippen molar-refractivity contribution in [1.82, 2.24) is 0 Å². The Labute approximate surface area is 127 Å². The molecule has 0 saturated heterocycles. The summed E-state index contributed by atoms with van der Waals surface area (Å²) in [5.74, 6) is 0.303. The maximum absolute atomic E-state index is 13.2. The normalized spacial score (nSPS) is 12.1. The molecule has 1 atom stereocenters. The Morgan fingerprint density at radius 3 is 2.35 bits per heavy atom. The first-order valence-corrected chi connectivity index (χ1v) is 6.82. The predicted molar refractivity (Wildman–Crippen MR) is 81.5 cm³/mol. The molecule has 2 aromatic carbocycles. The summed E-state index contributed by atoms with van der Waals surface area (Å²) in [7, 11) is 1.61. The Morgan fingerprint density at radius 2 is 1.75 bits per heavy atom. The van der Waals surface area contributed by atoms with Gasteiger partial charge in [-0.3, -0.25) is 0 Å². The van der Waals surface area contributed by atoms with Gasteiger partial charge in [-0.2, -0.15) is 0 Å². The monoisotopic (exact) mass is 313 g/mol. The molecule has 0 aliphatic carbocycles. The summed E-state index contributed by atoms with van der Waals surface area (Å²) >= 11 is 12.0. The highest BCUT2D eigenvalue weighted by Crippen LogP contribution is 2.35. The number of anilines is 1. The van der Waals surface area contributed by atoms with Crippen molar-refractivity contribution < 1.29 is 9.13 Å². The lowest BCUT2D eigenvalue weighted by molar-refractivity contribution is 0.408. The fourth-order valence-corrected chi connectivity index (χ4v) is 2.57. The van der Waals surface area contributed by atoms with Crippen molar-refractivity contribution in [1.29, 1.82) is 0 Å². The zero-order valence-corrected chi connectivity index (χ0v) is 12.6. The SMILES string of the molecule is COc1ccccc1C(C)Nc1c(Cl)cc(F)cc1Cl. The Balaban J connectivity index is 2.30. The maximum atomic E-state index is 13.2. The fourth-order valence-electron chi connectivity index (χ4n) is 2.00. The molecule has 20 heavy (non-hydrogen) atoms. The van der Waals surface area contributed by atoms with Gasteiger partial charge >= 0.3 is 0 Å². The number of nitrogens with one attached hydrogen (secondary N) is 1. The highest BCUT2D eigenvalue weighted by Gasteiger charge is 2.15. The molecule has 0 aromatic heterocycles. The molecule has 0 bridgehead atoms. The molecule has 2 rings (SSSR count). The molecule has 106 valence electrons. The molecule has 0 spiro atoms. The highest BCUT2D eigenvalue weighted by molar-refractivity contribution is 6.39. The first kappa shape index (κ1) is 14.9. The van der Waals surface area contributed by atoms with Crippen LogP contribution in [-0.2, 0) is 0 Å². The quantitative estimate of drug-likeness (QED) is 0.825. The summed E-state index contributed by atoms with van der Waals surface area (Å²) < 4.78 is 18.5. The first-order chi connectivity index (χ1) is 9.52. The summed E-state index contributed by atoms with van der Waals surface area (Å²) in [4.78, 5) is 0. The molecule has 0 aliphatic heterocycles. The first-order valence-electron chi connectivity index (χ1n) is 6.07. The second-order valence-corrected chi connectivity index (χ2v) is 5.17. The Kier molecular flexibility index (Phi) is 4.73. The zero-order chi connectivity index (χ0) is 14.7. The third-order valence-corrected chi connectivity index (χ3v) is 3.57. The second kappa shape index (κ2) is 6.33. The summed E-state index contributed by atoms with van der Waals surface area (Å²) in [6, 6.07) is 10.0. The molecule has 1 unspecified atom stereocenters. The lowest BCUT2D eigenvalue weighted by Crippen LogP contribution is -2.09. The van der Waals surface area contributed by atoms with Gasteiger partial charge in [0.2, 0.25) is 0 Å². The minimum atomic E-state index is -0.463. The van der Waals surface area contributed by atoms with E-state index in [2.05, 4.69) is 5.32 Å². The average Bonchev–Trinajstić information content (AvgIpc) is 2.42. The van der Waals surface area contributed by atoms with E-state index in [1.807, 2.05) is 31.2 Å². The van der Waals surface area contributed by atoms with Gasteiger partial charge in [0.1, 0.15) is 11.6 Å². The number of hydrogen-bond acceptors (Lipinski definition) is 2. The van der Waals surface area contributed by atoms with Crippen LogP contribution in [0.2, 0.25) is 10.0 Å². The van der Waals surface area contributed by atoms with Crippen molar-refractivity contribution in [3.05, 3.63) is 57.8 Å². The number of hydrogen-bond donors (Lipinski definition) is 1. The van der Waals surface area contributed by atoms with Gasteiger partial charge in [0.25, 0.3) is 0 Å². The van der Waals surface area contributed by atoms with Crippen LogP contribution >= 0.6 is 23.2 Å². The molecule has 2 aromatic rings. The average molecular weight is 314 g/mol. The molecule has 0 aliphatic rings. The molecule has 0 saturated carbocycles. The molecule has 0 heterocycles. The largest absolute Gasteiger partial charge is 0.496 e. The van der Waals surface area contributed by atoms with Gasteiger partial charge in [-0.15, -0.1) is 0 Å². The van der Waals surface area contributed by atoms with Crippen LogP contribution in [-0.4, -0.2) is 7.11 Å². The van der Waals surface area contributed by atoms with E-state index in [0.717, 1.165) is 11.3 Å². The fraction of sp³-hybridized carbons (Fsp3) is 0.200. The van der Waals surface area contributed by atoms with E-state index in [9.17, 15) is 4.39 Å². The standard InChI is InChI=1S/C15H14Cl2FNO/c1-9(11-5-3-4-6-14(11)20-2)19-15-12(16)7-10(18)8-13(15)17/h3-9,19H,1-2H3. The van der Waals surface area contributed by atoms with E-state index in [4.69, 9.17) is 27.9 Å². The summed E-state index contributed by atoms with van der Waals surface area (Å²) in [5.41, 5.74) is 1.47. The molecule has 0 fully saturated rings. The van der Waals surface area contributed by atoms with Crippen molar-refractivity contribution >= 4 is 28.9 Å². The number of para-hydroxylation sites is 1. The molecular weight excluding hydrogens is 300 g/mol. The zero-order valence-electron chi connectivity index (χ0n) is 11.1. The molecular formula is C15H14Cl2FNO. The van der Waals surface area contributed by atoms with Crippen molar-refractivity contribution in [3.8, 4) is 5.75 Å². The molecule has 1 N–H and O–H groups in total. The Hall–Kier alpha value is -1.45. The Morgan fingerprint density at radius 1 is 1.15 bits per heavy atom. The van der Waals surface area contributed by atoms with Crippen LogP contribution in [0.3, 0.4) is 0 Å². The van der Waals surface area contributed by atoms with Gasteiger partial charge < -0.3 is 10.1 Å². The van der Waals surface area contributed by atoms with Crippen molar-refractivity contribution in [2.75, 3.05) is 12.4 Å². The minimum absolute atomic E-state index is 0.0911. The summed E-state index contributed by atoms with van der Waals surface area (Å²) in [5, 5.41) is 3.68. The van der Waals surface area contributed by atoms with E-state index in [0.29, 0.717) is 5.69 Å². The van der Waals surface area contributed by atoms with Gasteiger partial charge in [-0.25, -0.2) is 4.39 Å². The maximum Gasteiger partial charge on any atom is 0.126 e. The van der Waals surface area contributed by atoms with E-state index in [1.165, 1.54) is 12.1 Å². The van der Waals surface area contributed by atoms with Crippen molar-refractivity contribution in [2.45, 2.75) is 13.0 Å². The van der Waals surface area contributed by atoms with Crippen LogP contribution in [0.1, 0.15) is 18.5 Å². The topological polar surface area (TPSA) is 21.3 Å². The molecule has 2 nitrogen and oxygen atoms in total. The van der Waals surface area contributed by atoms with Crippen LogP contribution in [0.15, 0.2) is 36.4 Å². The summed E-state index contributed by atoms with van der Waals surface area (Å²) in [6.45, 7) is 1.95. The van der Waals surface area contributed by atoms with Gasteiger partial charge in [-0.05, 0) is 25.1 Å². The molecule has 0 amide bonds. The predicted octanol–water partition coefficient (Wildman–Crippen LogP) is 5.31. The van der Waals surface area contributed by atoms with Crippen LogP contribution < -0.4 is 10.1 Å². The van der Waals surface area contributed by atoms with Gasteiger partial charge in [-0.1, -0.05) is 41.4 Å². The number of benzene rings is 2. The lowest BCUT2D eigenvalue weighted by Gasteiger charge is -2.20. The van der Waals surface area contributed by atoms with Crippen LogP contribution in [0.25, 0.3) is 0 Å². The number of halogens is 3. The van der Waals surface area contributed by atoms with Crippen molar-refractivity contribution in [2.24, 2.45) is 0 Å². The smallest absolute Gasteiger partial charge is 0.126 e. The van der Waals surface area contributed by atoms with E-state index in [-0.39, 0.29) is 16.1 Å². The van der Waals surface area contributed by atoms with Crippen LogP contribution in [0.5, 0.6) is 5.75 Å². The van der Waals surface area contributed by atoms with Crippen LogP contribution in [0.4, 0.5) is 10.1 Å². The van der Waals surface area contributed by atoms with E-state index in [1.54, 1.807) is 7.11 Å². The molecule has 5 heteroatoms. The Bertz CT molecular complexity index is 596. The van der Waals surface area contributed by atoms with E-state index < -0.39 is 5.82 Å². The van der Waals surface area contributed by atoms with Gasteiger partial charge in [0.15, 0.2) is 0 Å². The van der Waals surface area contributed by atoms with Gasteiger partial charge in [0, 0.05) is 5.56 Å².